The predicted molar refractivity (Wildman–Crippen MR) is 63.5 cm³/mol. The smallest absolute Gasteiger partial charge is 0.338 e. The van der Waals surface area contributed by atoms with Crippen molar-refractivity contribution in [1.29, 1.82) is 0 Å². The first kappa shape index (κ1) is 10.9. The molecule has 0 amide bonds. The molecule has 1 aliphatic carbocycles. The first-order valence-electron chi connectivity index (χ1n) is 5.75. The number of esters is 1. The zero-order valence-electron chi connectivity index (χ0n) is 9.48. The highest BCUT2D eigenvalue weighted by molar-refractivity contribution is 5.89. The molecule has 0 N–H and O–H groups in total. The van der Waals surface area contributed by atoms with Gasteiger partial charge in [0, 0.05) is 5.92 Å². The van der Waals surface area contributed by atoms with E-state index in [0.29, 0.717) is 18.1 Å². The van der Waals surface area contributed by atoms with Gasteiger partial charge < -0.3 is 4.74 Å². The highest BCUT2D eigenvalue weighted by atomic mass is 16.5. The zero-order chi connectivity index (χ0) is 11.4. The molecular weight excluding hydrogens is 200 g/mol. The lowest BCUT2D eigenvalue weighted by atomic mass is 9.98. The molecule has 0 bridgehead atoms. The normalized spacial score (nSPS) is 18.7. The van der Waals surface area contributed by atoms with Gasteiger partial charge in [0.25, 0.3) is 0 Å². The fourth-order valence-corrected chi connectivity index (χ4v) is 1.99. The lowest BCUT2D eigenvalue weighted by molar-refractivity contribution is 0.0526. The van der Waals surface area contributed by atoms with Gasteiger partial charge in [0.1, 0.15) is 0 Å². The molecule has 2 nitrogen and oxygen atoms in total. The van der Waals surface area contributed by atoms with E-state index in [1.165, 1.54) is 12.0 Å². The third kappa shape index (κ3) is 2.32. The van der Waals surface area contributed by atoms with Crippen LogP contribution in [-0.2, 0) is 4.74 Å². The molecule has 0 spiro atoms. The minimum Gasteiger partial charge on any atom is -0.462 e. The Labute approximate surface area is 95.9 Å². The SMILES string of the molecule is CCOC(=O)c1ccc(C2C=CCC2)cc1. The van der Waals surface area contributed by atoms with Crippen molar-refractivity contribution >= 4 is 5.97 Å². The maximum Gasteiger partial charge on any atom is 0.338 e. The standard InChI is InChI=1S/C14H16O2/c1-2-16-14(15)13-9-7-12(8-10-13)11-5-3-4-6-11/h3,5,7-11H,2,4,6H2,1H3. The molecule has 0 saturated carbocycles. The Kier molecular flexibility index (Phi) is 3.40. The number of carbonyl (C=O) groups is 1. The lowest BCUT2D eigenvalue weighted by Crippen LogP contribution is -2.04. The van der Waals surface area contributed by atoms with Crippen LogP contribution in [0.5, 0.6) is 0 Å². The zero-order valence-corrected chi connectivity index (χ0v) is 9.48. The Morgan fingerprint density at radius 3 is 2.69 bits per heavy atom. The third-order valence-electron chi connectivity index (χ3n) is 2.86. The van der Waals surface area contributed by atoms with E-state index in [4.69, 9.17) is 4.74 Å². The Balaban J connectivity index is 2.09. The van der Waals surface area contributed by atoms with Gasteiger partial charge in [-0.3, -0.25) is 0 Å². The largest absolute Gasteiger partial charge is 0.462 e. The number of ether oxygens (including phenoxy) is 1. The molecule has 84 valence electrons. The summed E-state index contributed by atoms with van der Waals surface area (Å²) in [4.78, 5) is 11.4. The van der Waals surface area contributed by atoms with Crippen LogP contribution < -0.4 is 0 Å². The van der Waals surface area contributed by atoms with Gasteiger partial charge in [0.2, 0.25) is 0 Å². The van der Waals surface area contributed by atoms with E-state index in [1.54, 1.807) is 0 Å². The van der Waals surface area contributed by atoms with Gasteiger partial charge in [0.15, 0.2) is 0 Å². The molecular formula is C14H16O2. The molecule has 0 aromatic heterocycles. The molecule has 1 atom stereocenters. The van der Waals surface area contributed by atoms with Crippen LogP contribution in [-0.4, -0.2) is 12.6 Å². The second-order valence-corrected chi connectivity index (χ2v) is 3.95. The van der Waals surface area contributed by atoms with Crippen LogP contribution in [0.25, 0.3) is 0 Å². The van der Waals surface area contributed by atoms with Gasteiger partial charge >= 0.3 is 5.97 Å². The number of allylic oxidation sites excluding steroid dienone is 2. The van der Waals surface area contributed by atoms with Gasteiger partial charge in [-0.1, -0.05) is 24.3 Å². The van der Waals surface area contributed by atoms with Crippen LogP contribution >= 0.6 is 0 Å². The molecule has 0 radical (unpaired) electrons. The average Bonchev–Trinajstić information content (AvgIpc) is 2.83. The Hall–Kier alpha value is -1.57. The van der Waals surface area contributed by atoms with E-state index in [1.807, 2.05) is 31.2 Å². The van der Waals surface area contributed by atoms with Crippen molar-refractivity contribution in [1.82, 2.24) is 0 Å². The van der Waals surface area contributed by atoms with Crippen molar-refractivity contribution in [2.24, 2.45) is 0 Å². The number of carbonyl (C=O) groups excluding carboxylic acids is 1. The van der Waals surface area contributed by atoms with Crippen LogP contribution in [0.4, 0.5) is 0 Å². The number of benzene rings is 1. The quantitative estimate of drug-likeness (QED) is 0.572. The van der Waals surface area contributed by atoms with E-state index in [0.717, 1.165) is 6.42 Å². The first-order chi connectivity index (χ1) is 7.81. The molecule has 1 aromatic rings. The number of hydrogen-bond donors (Lipinski definition) is 0. The van der Waals surface area contributed by atoms with Gasteiger partial charge in [0.05, 0.1) is 12.2 Å². The summed E-state index contributed by atoms with van der Waals surface area (Å²) in [5.41, 5.74) is 1.91. The third-order valence-corrected chi connectivity index (χ3v) is 2.86. The Morgan fingerprint density at radius 1 is 1.38 bits per heavy atom. The van der Waals surface area contributed by atoms with Crippen molar-refractivity contribution in [2.45, 2.75) is 25.7 Å². The first-order valence-corrected chi connectivity index (χ1v) is 5.75. The van der Waals surface area contributed by atoms with Crippen LogP contribution in [0.2, 0.25) is 0 Å². The van der Waals surface area contributed by atoms with Crippen LogP contribution in [0.15, 0.2) is 36.4 Å². The molecule has 16 heavy (non-hydrogen) atoms. The second-order valence-electron chi connectivity index (χ2n) is 3.95. The van der Waals surface area contributed by atoms with E-state index in [-0.39, 0.29) is 5.97 Å². The lowest BCUT2D eigenvalue weighted by Gasteiger charge is -2.08. The summed E-state index contributed by atoms with van der Waals surface area (Å²) < 4.78 is 4.94. The maximum atomic E-state index is 11.4. The molecule has 1 unspecified atom stereocenters. The second kappa shape index (κ2) is 4.97. The van der Waals surface area contributed by atoms with Crippen molar-refractivity contribution < 1.29 is 9.53 Å². The molecule has 0 fully saturated rings. The van der Waals surface area contributed by atoms with Gasteiger partial charge in [-0.15, -0.1) is 0 Å². The summed E-state index contributed by atoms with van der Waals surface area (Å²) >= 11 is 0. The number of hydrogen-bond acceptors (Lipinski definition) is 2. The van der Waals surface area contributed by atoms with Crippen LogP contribution in [0, 0.1) is 0 Å². The summed E-state index contributed by atoms with van der Waals surface area (Å²) in [6, 6.07) is 7.73. The van der Waals surface area contributed by atoms with Crippen molar-refractivity contribution in [3.05, 3.63) is 47.5 Å². The van der Waals surface area contributed by atoms with Gasteiger partial charge in [-0.05, 0) is 37.5 Å². The highest BCUT2D eigenvalue weighted by Gasteiger charge is 2.12. The minimum absolute atomic E-state index is 0.240. The predicted octanol–water partition coefficient (Wildman–Crippen LogP) is 3.30. The molecule has 0 saturated heterocycles. The maximum absolute atomic E-state index is 11.4. The summed E-state index contributed by atoms with van der Waals surface area (Å²) in [5, 5.41) is 0. The van der Waals surface area contributed by atoms with Crippen LogP contribution in [0.3, 0.4) is 0 Å². The van der Waals surface area contributed by atoms with Crippen molar-refractivity contribution in [3.8, 4) is 0 Å². The van der Waals surface area contributed by atoms with Gasteiger partial charge in [-0.2, -0.15) is 0 Å². The molecule has 1 aliphatic rings. The fraction of sp³-hybridized carbons (Fsp3) is 0.357. The molecule has 2 heteroatoms. The Bertz CT molecular complexity index is 390. The average molecular weight is 216 g/mol. The highest BCUT2D eigenvalue weighted by Crippen LogP contribution is 2.28. The minimum atomic E-state index is -0.240. The topological polar surface area (TPSA) is 26.3 Å². The van der Waals surface area contributed by atoms with E-state index < -0.39 is 0 Å². The summed E-state index contributed by atoms with van der Waals surface area (Å²) in [6.45, 7) is 2.24. The van der Waals surface area contributed by atoms with Crippen molar-refractivity contribution in [3.63, 3.8) is 0 Å². The van der Waals surface area contributed by atoms with Gasteiger partial charge in [-0.25, -0.2) is 4.79 Å². The summed E-state index contributed by atoms with van der Waals surface area (Å²) in [6.07, 6.45) is 6.78. The van der Waals surface area contributed by atoms with E-state index >= 15 is 0 Å². The van der Waals surface area contributed by atoms with E-state index in [2.05, 4.69) is 12.2 Å². The monoisotopic (exact) mass is 216 g/mol. The summed E-state index contributed by atoms with van der Waals surface area (Å²) in [7, 11) is 0. The molecule has 0 aliphatic heterocycles. The van der Waals surface area contributed by atoms with Crippen LogP contribution in [0.1, 0.15) is 41.6 Å². The molecule has 2 rings (SSSR count). The molecule has 0 heterocycles. The van der Waals surface area contributed by atoms with E-state index in [9.17, 15) is 4.79 Å². The fourth-order valence-electron chi connectivity index (χ4n) is 1.99. The van der Waals surface area contributed by atoms with Crippen molar-refractivity contribution in [2.75, 3.05) is 6.61 Å². The molecule has 1 aromatic carbocycles. The number of rotatable bonds is 3. The Morgan fingerprint density at radius 2 is 2.12 bits per heavy atom. The summed E-state index contributed by atoms with van der Waals surface area (Å²) in [5.74, 6) is 0.284.